The first-order valence-electron chi connectivity index (χ1n) is 5.77. The fourth-order valence-electron chi connectivity index (χ4n) is 2.04. The molecule has 1 N–H and O–H groups in total. The zero-order valence-corrected chi connectivity index (χ0v) is 11.7. The van der Waals surface area contributed by atoms with Gasteiger partial charge < -0.3 is 5.11 Å². The zero-order chi connectivity index (χ0) is 12.4. The monoisotopic (exact) mass is 272 g/mol. The summed E-state index contributed by atoms with van der Waals surface area (Å²) in [6.45, 7) is 3.89. The Morgan fingerprint density at radius 3 is 2.71 bits per heavy atom. The Labute approximate surface area is 110 Å². The normalized spacial score (nSPS) is 26.8. The van der Waals surface area contributed by atoms with Gasteiger partial charge in [-0.05, 0) is 24.1 Å². The molecule has 0 aromatic heterocycles. The minimum atomic E-state index is -0.498. The number of benzene rings is 1. The lowest BCUT2D eigenvalue weighted by Crippen LogP contribution is -2.29. The van der Waals surface area contributed by atoms with Gasteiger partial charge in [-0.15, -0.1) is 0 Å². The molecule has 3 atom stereocenters. The van der Waals surface area contributed by atoms with Crippen LogP contribution >= 0.6 is 23.5 Å². The van der Waals surface area contributed by atoms with E-state index in [1.165, 1.54) is 6.07 Å². The first-order valence-corrected chi connectivity index (χ1v) is 7.86. The lowest BCUT2D eigenvalue weighted by molar-refractivity contribution is 0.174. The van der Waals surface area contributed by atoms with Crippen molar-refractivity contribution in [2.45, 2.75) is 30.5 Å². The number of hydrogen-bond donors (Lipinski definition) is 1. The highest BCUT2D eigenvalue weighted by Crippen LogP contribution is 2.38. The molecule has 1 fully saturated rings. The smallest absolute Gasteiger partial charge is 0.126 e. The van der Waals surface area contributed by atoms with Crippen LogP contribution in [0, 0.1) is 12.7 Å². The van der Waals surface area contributed by atoms with Gasteiger partial charge in [-0.1, -0.05) is 19.1 Å². The fourth-order valence-corrected chi connectivity index (χ4v) is 4.87. The van der Waals surface area contributed by atoms with Crippen LogP contribution in [-0.2, 0) is 0 Å². The maximum atomic E-state index is 13.2. The standard InChI is InChI=1S/C13H17FOS2/c1-8-7-10(3-4-11(8)14)12(15)13-9(2)16-5-6-17-13/h3-4,7,9,12-13,15H,5-6H2,1-2H3. The van der Waals surface area contributed by atoms with E-state index in [2.05, 4.69) is 6.92 Å². The molecule has 4 heteroatoms. The van der Waals surface area contributed by atoms with Crippen molar-refractivity contribution in [1.29, 1.82) is 0 Å². The van der Waals surface area contributed by atoms with Crippen LogP contribution in [0.1, 0.15) is 24.2 Å². The van der Waals surface area contributed by atoms with Gasteiger partial charge in [0, 0.05) is 22.0 Å². The first kappa shape index (κ1) is 13.2. The van der Waals surface area contributed by atoms with E-state index in [0.29, 0.717) is 10.8 Å². The molecule has 1 aliphatic heterocycles. The molecule has 2 rings (SSSR count). The molecule has 0 spiro atoms. The molecule has 1 nitrogen and oxygen atoms in total. The van der Waals surface area contributed by atoms with E-state index in [1.54, 1.807) is 19.1 Å². The summed E-state index contributed by atoms with van der Waals surface area (Å²) in [6, 6.07) is 4.89. The molecule has 1 heterocycles. The van der Waals surface area contributed by atoms with Gasteiger partial charge in [-0.2, -0.15) is 23.5 Å². The van der Waals surface area contributed by atoms with E-state index in [4.69, 9.17) is 0 Å². The summed E-state index contributed by atoms with van der Waals surface area (Å²) in [5, 5.41) is 11.0. The molecule has 1 saturated heterocycles. The molecule has 0 amide bonds. The van der Waals surface area contributed by atoms with Crippen molar-refractivity contribution in [3.8, 4) is 0 Å². The van der Waals surface area contributed by atoms with Crippen molar-refractivity contribution in [3.63, 3.8) is 0 Å². The zero-order valence-electron chi connectivity index (χ0n) is 10.0. The molecule has 17 heavy (non-hydrogen) atoms. The lowest BCUT2D eigenvalue weighted by atomic mass is 10.0. The third kappa shape index (κ3) is 2.98. The Morgan fingerprint density at radius 2 is 2.06 bits per heavy atom. The van der Waals surface area contributed by atoms with Crippen LogP contribution in [0.15, 0.2) is 18.2 Å². The highest BCUT2D eigenvalue weighted by Gasteiger charge is 2.30. The highest BCUT2D eigenvalue weighted by molar-refractivity contribution is 8.07. The van der Waals surface area contributed by atoms with Crippen LogP contribution in [0.25, 0.3) is 0 Å². The van der Waals surface area contributed by atoms with Crippen molar-refractivity contribution in [1.82, 2.24) is 0 Å². The van der Waals surface area contributed by atoms with Crippen LogP contribution in [0.5, 0.6) is 0 Å². The van der Waals surface area contributed by atoms with Gasteiger partial charge in [-0.3, -0.25) is 0 Å². The third-order valence-electron chi connectivity index (χ3n) is 3.07. The lowest BCUT2D eigenvalue weighted by Gasteiger charge is -2.31. The van der Waals surface area contributed by atoms with Gasteiger partial charge in [0.15, 0.2) is 0 Å². The predicted octanol–water partition coefficient (Wildman–Crippen LogP) is 3.40. The summed E-state index contributed by atoms with van der Waals surface area (Å²) >= 11 is 3.72. The number of aryl methyl sites for hydroxylation is 1. The molecule has 0 bridgehead atoms. The molecular formula is C13H17FOS2. The average molecular weight is 272 g/mol. The summed E-state index contributed by atoms with van der Waals surface area (Å²) in [7, 11) is 0. The molecule has 1 aromatic carbocycles. The first-order chi connectivity index (χ1) is 8.09. The van der Waals surface area contributed by atoms with Gasteiger partial charge in [0.05, 0.1) is 6.10 Å². The van der Waals surface area contributed by atoms with Crippen LogP contribution in [0.4, 0.5) is 4.39 Å². The number of aliphatic hydroxyl groups excluding tert-OH is 1. The molecule has 1 aliphatic rings. The second-order valence-corrected chi connectivity index (χ2v) is 7.14. The summed E-state index contributed by atoms with van der Waals surface area (Å²) in [4.78, 5) is 0. The van der Waals surface area contributed by atoms with Gasteiger partial charge in [0.2, 0.25) is 0 Å². The summed E-state index contributed by atoms with van der Waals surface area (Å²) < 4.78 is 13.2. The Bertz CT molecular complexity index is 397. The maximum Gasteiger partial charge on any atom is 0.126 e. The summed E-state index contributed by atoms with van der Waals surface area (Å²) in [5.74, 6) is 2.02. The quantitative estimate of drug-likeness (QED) is 0.891. The van der Waals surface area contributed by atoms with E-state index in [9.17, 15) is 9.50 Å². The number of thioether (sulfide) groups is 2. The number of hydrogen-bond acceptors (Lipinski definition) is 3. The largest absolute Gasteiger partial charge is 0.387 e. The van der Waals surface area contributed by atoms with Crippen LogP contribution in [0.2, 0.25) is 0 Å². The van der Waals surface area contributed by atoms with Crippen molar-refractivity contribution >= 4 is 23.5 Å². The number of rotatable bonds is 2. The summed E-state index contributed by atoms with van der Waals surface area (Å²) in [5.41, 5.74) is 1.43. The topological polar surface area (TPSA) is 20.2 Å². The highest BCUT2D eigenvalue weighted by atomic mass is 32.2. The molecule has 1 aromatic rings. The van der Waals surface area contributed by atoms with Gasteiger partial charge in [0.1, 0.15) is 5.82 Å². The van der Waals surface area contributed by atoms with Gasteiger partial charge in [0.25, 0.3) is 0 Å². The molecule has 94 valence electrons. The Kier molecular flexibility index (Phi) is 4.39. The van der Waals surface area contributed by atoms with E-state index < -0.39 is 6.10 Å². The van der Waals surface area contributed by atoms with Gasteiger partial charge in [-0.25, -0.2) is 4.39 Å². The number of aliphatic hydroxyl groups is 1. The molecule has 0 radical (unpaired) electrons. The second kappa shape index (κ2) is 5.63. The average Bonchev–Trinajstić information content (AvgIpc) is 2.32. The van der Waals surface area contributed by atoms with E-state index in [1.807, 2.05) is 23.5 Å². The summed E-state index contributed by atoms with van der Waals surface area (Å²) in [6.07, 6.45) is -0.498. The third-order valence-corrected chi connectivity index (χ3v) is 6.25. The van der Waals surface area contributed by atoms with Crippen LogP contribution < -0.4 is 0 Å². The SMILES string of the molecule is Cc1cc(C(O)C2SCCSC2C)ccc1F. The second-order valence-electron chi connectivity index (χ2n) is 4.36. The minimum Gasteiger partial charge on any atom is -0.387 e. The van der Waals surface area contributed by atoms with Gasteiger partial charge >= 0.3 is 0 Å². The fraction of sp³-hybridized carbons (Fsp3) is 0.538. The number of halogens is 1. The van der Waals surface area contributed by atoms with Crippen LogP contribution in [0.3, 0.4) is 0 Å². The Morgan fingerprint density at radius 1 is 1.35 bits per heavy atom. The van der Waals surface area contributed by atoms with Crippen LogP contribution in [-0.4, -0.2) is 27.1 Å². The van der Waals surface area contributed by atoms with Crippen molar-refractivity contribution < 1.29 is 9.50 Å². The van der Waals surface area contributed by atoms with Crippen molar-refractivity contribution in [2.24, 2.45) is 0 Å². The van der Waals surface area contributed by atoms with Crippen molar-refractivity contribution in [2.75, 3.05) is 11.5 Å². The minimum absolute atomic E-state index is 0.207. The maximum absolute atomic E-state index is 13.2. The van der Waals surface area contributed by atoms with E-state index in [0.717, 1.165) is 17.1 Å². The van der Waals surface area contributed by atoms with Crippen molar-refractivity contribution in [3.05, 3.63) is 35.1 Å². The molecule has 0 saturated carbocycles. The Hall–Kier alpha value is -0.190. The van der Waals surface area contributed by atoms with E-state index >= 15 is 0 Å². The van der Waals surface area contributed by atoms with E-state index in [-0.39, 0.29) is 11.1 Å². The predicted molar refractivity (Wildman–Crippen MR) is 74.3 cm³/mol. The molecular weight excluding hydrogens is 255 g/mol. The molecule has 3 unspecified atom stereocenters. The Balaban J connectivity index is 2.17. The molecule has 0 aliphatic carbocycles.